The average molecular weight is 400 g/mol. The van der Waals surface area contributed by atoms with E-state index in [0.29, 0.717) is 38.7 Å². The standard InChI is InChI=1S/C15H12BrClN2O4/c1-6-13(14(16)7(2)23-6)15(21)19-9-4-11-10(3-8(9)17)18-12(20)5-22-11/h3-4H,5H2,1-2H3,(H,18,20)(H,19,21). The van der Waals surface area contributed by atoms with Crippen LogP contribution in [-0.4, -0.2) is 18.4 Å². The summed E-state index contributed by atoms with van der Waals surface area (Å²) in [4.78, 5) is 23.8. The minimum Gasteiger partial charge on any atom is -0.482 e. The zero-order valence-corrected chi connectivity index (χ0v) is 14.6. The van der Waals surface area contributed by atoms with Crippen molar-refractivity contribution in [1.29, 1.82) is 0 Å². The summed E-state index contributed by atoms with van der Waals surface area (Å²) in [5.41, 5.74) is 1.27. The van der Waals surface area contributed by atoms with Gasteiger partial charge in [0.2, 0.25) is 0 Å². The third-order valence-electron chi connectivity index (χ3n) is 3.36. The van der Waals surface area contributed by atoms with Gasteiger partial charge in [0, 0.05) is 6.07 Å². The molecule has 0 radical (unpaired) electrons. The number of hydrogen-bond donors (Lipinski definition) is 2. The highest BCUT2D eigenvalue weighted by molar-refractivity contribution is 9.10. The molecule has 6 nitrogen and oxygen atoms in total. The van der Waals surface area contributed by atoms with Crippen LogP contribution >= 0.6 is 27.5 Å². The van der Waals surface area contributed by atoms with E-state index < -0.39 is 0 Å². The molecule has 3 rings (SSSR count). The predicted molar refractivity (Wildman–Crippen MR) is 89.4 cm³/mol. The van der Waals surface area contributed by atoms with Crippen molar-refractivity contribution in [2.24, 2.45) is 0 Å². The number of fused-ring (bicyclic) bond motifs is 1. The van der Waals surface area contributed by atoms with Crippen LogP contribution in [0, 0.1) is 13.8 Å². The van der Waals surface area contributed by atoms with Crippen LogP contribution in [-0.2, 0) is 4.79 Å². The van der Waals surface area contributed by atoms with Crippen molar-refractivity contribution < 1.29 is 18.7 Å². The molecule has 1 aliphatic rings. The number of anilines is 2. The Morgan fingerprint density at radius 3 is 2.74 bits per heavy atom. The van der Waals surface area contributed by atoms with Crippen LogP contribution in [0.5, 0.6) is 5.75 Å². The van der Waals surface area contributed by atoms with E-state index in [1.54, 1.807) is 19.9 Å². The number of carbonyl (C=O) groups is 2. The molecule has 2 amide bonds. The molecule has 23 heavy (non-hydrogen) atoms. The third kappa shape index (κ3) is 2.94. The minimum atomic E-state index is -0.354. The molecule has 1 aliphatic heterocycles. The molecular weight excluding hydrogens is 388 g/mol. The Balaban J connectivity index is 1.91. The number of carbonyl (C=O) groups excluding carboxylic acids is 2. The predicted octanol–water partition coefficient (Wildman–Crippen LogP) is 3.90. The van der Waals surface area contributed by atoms with Gasteiger partial charge in [0.1, 0.15) is 17.3 Å². The smallest absolute Gasteiger partial charge is 0.262 e. The molecule has 0 bridgehead atoms. The van der Waals surface area contributed by atoms with Crippen molar-refractivity contribution >= 4 is 50.7 Å². The summed E-state index contributed by atoms with van der Waals surface area (Å²) in [5, 5.41) is 5.67. The van der Waals surface area contributed by atoms with Gasteiger partial charge in [-0.1, -0.05) is 11.6 Å². The van der Waals surface area contributed by atoms with Gasteiger partial charge in [-0.25, -0.2) is 0 Å². The molecule has 8 heteroatoms. The zero-order valence-electron chi connectivity index (χ0n) is 12.3. The summed E-state index contributed by atoms with van der Waals surface area (Å²) < 4.78 is 11.3. The minimum absolute atomic E-state index is 0.0758. The van der Waals surface area contributed by atoms with Crippen LogP contribution in [0.4, 0.5) is 11.4 Å². The second kappa shape index (κ2) is 5.90. The zero-order chi connectivity index (χ0) is 16.7. The lowest BCUT2D eigenvalue weighted by Gasteiger charge is -2.19. The number of furan rings is 1. The Hall–Kier alpha value is -1.99. The van der Waals surface area contributed by atoms with Crippen LogP contribution in [0.25, 0.3) is 0 Å². The number of benzene rings is 1. The van der Waals surface area contributed by atoms with Crippen molar-refractivity contribution in [1.82, 2.24) is 0 Å². The van der Waals surface area contributed by atoms with Crippen molar-refractivity contribution in [2.45, 2.75) is 13.8 Å². The molecule has 2 aromatic rings. The van der Waals surface area contributed by atoms with E-state index in [-0.39, 0.29) is 23.4 Å². The molecule has 0 atom stereocenters. The molecule has 1 aromatic heterocycles. The Kier molecular flexibility index (Phi) is 4.08. The van der Waals surface area contributed by atoms with E-state index in [9.17, 15) is 9.59 Å². The molecule has 120 valence electrons. The number of ether oxygens (including phenoxy) is 1. The summed E-state index contributed by atoms with van der Waals surface area (Å²) in [6.07, 6.45) is 0. The molecule has 0 saturated heterocycles. The molecule has 0 saturated carbocycles. The fourth-order valence-electron chi connectivity index (χ4n) is 2.30. The summed E-state index contributed by atoms with van der Waals surface area (Å²) >= 11 is 9.51. The highest BCUT2D eigenvalue weighted by atomic mass is 79.9. The number of rotatable bonds is 2. The van der Waals surface area contributed by atoms with Crippen molar-refractivity contribution in [3.05, 3.63) is 38.7 Å². The van der Waals surface area contributed by atoms with Crippen LogP contribution < -0.4 is 15.4 Å². The second-order valence-corrected chi connectivity index (χ2v) is 6.22. The highest BCUT2D eigenvalue weighted by Crippen LogP contribution is 2.37. The molecule has 1 aromatic carbocycles. The Bertz CT molecular complexity index is 831. The number of amides is 2. The lowest BCUT2D eigenvalue weighted by atomic mass is 10.2. The molecule has 0 spiro atoms. The first kappa shape index (κ1) is 15.9. The number of aryl methyl sites for hydroxylation is 2. The monoisotopic (exact) mass is 398 g/mol. The number of nitrogens with one attached hydrogen (secondary N) is 2. The van der Waals surface area contributed by atoms with E-state index in [1.807, 2.05) is 0 Å². The van der Waals surface area contributed by atoms with Crippen LogP contribution in [0.2, 0.25) is 5.02 Å². The first-order chi connectivity index (χ1) is 10.9. The lowest BCUT2D eigenvalue weighted by molar-refractivity contribution is -0.118. The van der Waals surface area contributed by atoms with Gasteiger partial charge in [-0.05, 0) is 35.8 Å². The molecule has 0 fully saturated rings. The summed E-state index contributed by atoms with van der Waals surface area (Å²) in [7, 11) is 0. The Morgan fingerprint density at radius 1 is 1.35 bits per heavy atom. The quantitative estimate of drug-likeness (QED) is 0.803. The van der Waals surface area contributed by atoms with Gasteiger partial charge in [0.15, 0.2) is 6.61 Å². The number of halogens is 2. The molecule has 2 N–H and O–H groups in total. The Morgan fingerprint density at radius 2 is 2.09 bits per heavy atom. The van der Waals surface area contributed by atoms with Gasteiger partial charge in [-0.15, -0.1) is 0 Å². The van der Waals surface area contributed by atoms with E-state index >= 15 is 0 Å². The van der Waals surface area contributed by atoms with E-state index in [2.05, 4.69) is 26.6 Å². The third-order valence-corrected chi connectivity index (χ3v) is 4.63. The molecule has 2 heterocycles. The normalized spacial score (nSPS) is 13.1. The first-order valence-corrected chi connectivity index (χ1v) is 7.87. The second-order valence-electron chi connectivity index (χ2n) is 5.02. The molecule has 0 unspecified atom stereocenters. The van der Waals surface area contributed by atoms with Crippen LogP contribution in [0.1, 0.15) is 21.9 Å². The molecule has 0 aliphatic carbocycles. The van der Waals surface area contributed by atoms with E-state index in [4.69, 9.17) is 20.8 Å². The first-order valence-electron chi connectivity index (χ1n) is 6.70. The maximum absolute atomic E-state index is 12.5. The molecular formula is C15H12BrClN2O4. The van der Waals surface area contributed by atoms with E-state index in [0.717, 1.165) is 0 Å². The van der Waals surface area contributed by atoms with Gasteiger partial charge in [0.05, 0.1) is 26.4 Å². The fourth-order valence-corrected chi connectivity index (χ4v) is 3.05. The van der Waals surface area contributed by atoms with Crippen LogP contribution in [0.3, 0.4) is 0 Å². The summed E-state index contributed by atoms with van der Waals surface area (Å²) in [6.45, 7) is 3.39. The average Bonchev–Trinajstić information content (AvgIpc) is 2.73. The summed E-state index contributed by atoms with van der Waals surface area (Å²) in [5.74, 6) is 0.967. The number of hydrogen-bond acceptors (Lipinski definition) is 4. The van der Waals surface area contributed by atoms with E-state index in [1.165, 1.54) is 6.07 Å². The van der Waals surface area contributed by atoms with Gasteiger partial charge < -0.3 is 19.8 Å². The highest BCUT2D eigenvalue weighted by Gasteiger charge is 2.23. The largest absolute Gasteiger partial charge is 0.482 e. The van der Waals surface area contributed by atoms with Crippen molar-refractivity contribution in [3.8, 4) is 5.75 Å². The van der Waals surface area contributed by atoms with Crippen molar-refractivity contribution in [3.63, 3.8) is 0 Å². The lowest BCUT2D eigenvalue weighted by Crippen LogP contribution is -2.25. The van der Waals surface area contributed by atoms with Crippen LogP contribution in [0.15, 0.2) is 21.0 Å². The van der Waals surface area contributed by atoms with Gasteiger partial charge >= 0.3 is 0 Å². The Labute approximate surface area is 145 Å². The van der Waals surface area contributed by atoms with Gasteiger partial charge in [-0.2, -0.15) is 0 Å². The summed E-state index contributed by atoms with van der Waals surface area (Å²) in [6, 6.07) is 3.11. The van der Waals surface area contributed by atoms with Gasteiger partial charge in [0.25, 0.3) is 11.8 Å². The SMILES string of the molecule is Cc1oc(C)c(C(=O)Nc2cc3c(cc2Cl)NC(=O)CO3)c1Br. The van der Waals surface area contributed by atoms with Crippen molar-refractivity contribution in [2.75, 3.05) is 17.2 Å². The van der Waals surface area contributed by atoms with Gasteiger partial charge in [-0.3, -0.25) is 9.59 Å². The maximum atomic E-state index is 12.5. The topological polar surface area (TPSA) is 80.6 Å². The maximum Gasteiger partial charge on any atom is 0.262 e. The fraction of sp³-hybridized carbons (Fsp3) is 0.200.